The second kappa shape index (κ2) is 9.14. The van der Waals surface area contributed by atoms with Gasteiger partial charge in [0, 0.05) is 17.8 Å². The van der Waals surface area contributed by atoms with Crippen LogP contribution in [0.25, 0.3) is 11.3 Å². The largest absolute Gasteiger partial charge is 0.325 e. The molecule has 1 atom stereocenters. The van der Waals surface area contributed by atoms with Crippen molar-refractivity contribution in [3.05, 3.63) is 57.0 Å². The van der Waals surface area contributed by atoms with E-state index in [4.69, 9.17) is 5.10 Å². The van der Waals surface area contributed by atoms with E-state index in [1.807, 2.05) is 41.8 Å². The number of carbonyl (C=O) groups is 1. The number of hydrogen-bond acceptors (Lipinski definition) is 5. The molecule has 6 nitrogen and oxygen atoms in total. The number of thioether (sulfide) groups is 1. The molecular weight excluding hydrogens is 416 g/mol. The van der Waals surface area contributed by atoms with Crippen LogP contribution in [0.4, 0.5) is 5.69 Å². The van der Waals surface area contributed by atoms with E-state index in [0.717, 1.165) is 22.7 Å². The Morgan fingerprint density at radius 3 is 2.80 bits per heavy atom. The average Bonchev–Trinajstić information content (AvgIpc) is 3.26. The number of para-hydroxylation sites is 1. The lowest BCUT2D eigenvalue weighted by atomic mass is 10.0. The average molecular weight is 442 g/mol. The molecule has 156 valence electrons. The molecule has 30 heavy (non-hydrogen) atoms. The minimum absolute atomic E-state index is 0.0881. The molecule has 0 fully saturated rings. The van der Waals surface area contributed by atoms with E-state index in [0.29, 0.717) is 16.4 Å². The SMILES string of the molecule is CCCCCCSc1n[n+]2c(c(=O)[nH]1)-c1ccccc1N(C(C)=O)C2c1cccs1. The predicted molar refractivity (Wildman–Crippen MR) is 121 cm³/mol. The molecule has 0 spiro atoms. The third-order valence-corrected chi connectivity index (χ3v) is 6.99. The minimum atomic E-state index is -0.478. The number of thiophene rings is 1. The van der Waals surface area contributed by atoms with Crippen LogP contribution in [0.5, 0.6) is 0 Å². The van der Waals surface area contributed by atoms with E-state index >= 15 is 0 Å². The standard InChI is InChI=1S/C22H24N4O2S2/c1-3-4-5-8-13-30-22-23-20(28)19-16-10-6-7-11-17(16)25(15(2)27)21(26(19)24-22)18-12-9-14-29-18/h6-7,9-12,14,21H,3-5,8,13H2,1-2H3/p+1. The fraction of sp³-hybridized carbons (Fsp3) is 0.364. The predicted octanol–water partition coefficient (Wildman–Crippen LogP) is 4.37. The Morgan fingerprint density at radius 1 is 1.23 bits per heavy atom. The van der Waals surface area contributed by atoms with E-state index in [2.05, 4.69) is 11.9 Å². The van der Waals surface area contributed by atoms with Crippen LogP contribution in [-0.4, -0.2) is 21.7 Å². The first-order chi connectivity index (χ1) is 14.6. The van der Waals surface area contributed by atoms with Crippen molar-refractivity contribution in [2.24, 2.45) is 0 Å². The molecule has 1 aliphatic heterocycles. The van der Waals surface area contributed by atoms with Crippen LogP contribution in [-0.2, 0) is 4.79 Å². The van der Waals surface area contributed by atoms with Gasteiger partial charge < -0.3 is 0 Å². The maximum Gasteiger partial charge on any atom is 0.325 e. The van der Waals surface area contributed by atoms with Crippen LogP contribution in [0, 0.1) is 0 Å². The van der Waals surface area contributed by atoms with Crippen molar-refractivity contribution in [3.8, 4) is 11.3 Å². The molecule has 0 radical (unpaired) electrons. The van der Waals surface area contributed by atoms with Crippen molar-refractivity contribution < 1.29 is 9.48 Å². The number of nitrogens with zero attached hydrogens (tertiary/aromatic N) is 3. The van der Waals surface area contributed by atoms with Crippen molar-refractivity contribution in [2.45, 2.75) is 50.9 Å². The monoisotopic (exact) mass is 441 g/mol. The second-order valence-corrected chi connectivity index (χ2v) is 9.32. The van der Waals surface area contributed by atoms with Gasteiger partial charge in [-0.05, 0) is 34.7 Å². The van der Waals surface area contributed by atoms with E-state index in [1.165, 1.54) is 19.3 Å². The molecule has 0 aliphatic carbocycles. The maximum atomic E-state index is 13.1. The normalized spacial score (nSPS) is 15.0. The van der Waals surface area contributed by atoms with Gasteiger partial charge in [-0.3, -0.25) is 14.6 Å². The molecule has 4 rings (SSSR count). The Hall–Kier alpha value is -2.45. The molecule has 3 heterocycles. The van der Waals surface area contributed by atoms with Crippen molar-refractivity contribution in [3.63, 3.8) is 0 Å². The Balaban J connectivity index is 1.81. The fourth-order valence-corrected chi connectivity index (χ4v) is 5.42. The number of nitrogens with one attached hydrogen (secondary N) is 1. The number of aromatic amines is 1. The quantitative estimate of drug-likeness (QED) is 0.336. The molecule has 1 amide bonds. The van der Waals surface area contributed by atoms with E-state index in [9.17, 15) is 9.59 Å². The van der Waals surface area contributed by atoms with Gasteiger partial charge >= 0.3 is 17.4 Å². The van der Waals surface area contributed by atoms with Gasteiger partial charge in [0.05, 0.1) is 16.1 Å². The van der Waals surface area contributed by atoms with Crippen molar-refractivity contribution in [1.29, 1.82) is 0 Å². The lowest BCUT2D eigenvalue weighted by Crippen LogP contribution is -2.60. The number of benzene rings is 1. The molecule has 1 unspecified atom stereocenters. The number of anilines is 1. The Bertz CT molecular complexity index is 1090. The van der Waals surface area contributed by atoms with Gasteiger partial charge in [0.25, 0.3) is 0 Å². The number of amides is 1. The smallest absolute Gasteiger partial charge is 0.291 e. The van der Waals surface area contributed by atoms with Crippen molar-refractivity contribution in [1.82, 2.24) is 10.1 Å². The molecule has 0 saturated carbocycles. The summed E-state index contributed by atoms with van der Waals surface area (Å²) in [4.78, 5) is 31.5. The zero-order valence-electron chi connectivity index (χ0n) is 17.1. The first-order valence-electron chi connectivity index (χ1n) is 10.2. The molecular formula is C22H25N4O2S2+. The number of fused-ring (bicyclic) bond motifs is 3. The molecule has 8 heteroatoms. The van der Waals surface area contributed by atoms with Crippen LogP contribution in [0.15, 0.2) is 51.7 Å². The second-order valence-electron chi connectivity index (χ2n) is 7.26. The summed E-state index contributed by atoms with van der Waals surface area (Å²) >= 11 is 3.11. The summed E-state index contributed by atoms with van der Waals surface area (Å²) < 4.78 is 1.72. The van der Waals surface area contributed by atoms with Gasteiger partial charge in [0.1, 0.15) is 0 Å². The Morgan fingerprint density at radius 2 is 2.07 bits per heavy atom. The first-order valence-corrected chi connectivity index (χ1v) is 12.1. The van der Waals surface area contributed by atoms with Gasteiger partial charge in [-0.2, -0.15) is 0 Å². The van der Waals surface area contributed by atoms with Gasteiger partial charge in [-0.1, -0.05) is 56.1 Å². The highest BCUT2D eigenvalue weighted by Gasteiger charge is 2.45. The van der Waals surface area contributed by atoms with Gasteiger partial charge in [-0.25, -0.2) is 4.90 Å². The molecule has 2 aromatic heterocycles. The van der Waals surface area contributed by atoms with Gasteiger partial charge in [0.2, 0.25) is 11.1 Å². The number of H-pyrrole nitrogens is 1. The van der Waals surface area contributed by atoms with Gasteiger partial charge in [-0.15, -0.1) is 11.3 Å². The number of aromatic nitrogens is 3. The highest BCUT2D eigenvalue weighted by atomic mass is 32.2. The summed E-state index contributed by atoms with van der Waals surface area (Å²) in [5.41, 5.74) is 1.75. The van der Waals surface area contributed by atoms with E-state index < -0.39 is 6.17 Å². The summed E-state index contributed by atoms with van der Waals surface area (Å²) in [6.07, 6.45) is 4.19. The number of hydrogen-bond donors (Lipinski definition) is 1. The molecule has 1 N–H and O–H groups in total. The third kappa shape index (κ3) is 3.94. The number of rotatable bonds is 7. The summed E-state index contributed by atoms with van der Waals surface area (Å²) in [7, 11) is 0. The molecule has 0 bridgehead atoms. The minimum Gasteiger partial charge on any atom is -0.291 e. The highest BCUT2D eigenvalue weighted by Crippen LogP contribution is 2.38. The Kier molecular flexibility index (Phi) is 6.34. The van der Waals surface area contributed by atoms with Crippen LogP contribution in [0.3, 0.4) is 0 Å². The molecule has 1 aromatic carbocycles. The van der Waals surface area contributed by atoms with Crippen LogP contribution >= 0.6 is 23.1 Å². The van der Waals surface area contributed by atoms with Crippen LogP contribution in [0.1, 0.15) is 50.6 Å². The molecule has 0 saturated heterocycles. The first kappa shape index (κ1) is 20.8. The molecule has 1 aliphatic rings. The third-order valence-electron chi connectivity index (χ3n) is 5.13. The summed E-state index contributed by atoms with van der Waals surface area (Å²) in [6, 6.07) is 11.5. The fourth-order valence-electron chi connectivity index (χ4n) is 3.77. The lowest BCUT2D eigenvalue weighted by Gasteiger charge is -2.30. The number of carbonyl (C=O) groups excluding carboxylic acids is 1. The number of unbranched alkanes of at least 4 members (excludes halogenated alkanes) is 3. The highest BCUT2D eigenvalue weighted by molar-refractivity contribution is 7.99. The van der Waals surface area contributed by atoms with E-state index in [1.54, 1.807) is 39.6 Å². The van der Waals surface area contributed by atoms with E-state index in [-0.39, 0.29) is 11.5 Å². The zero-order chi connectivity index (χ0) is 21.1. The maximum absolute atomic E-state index is 13.1. The van der Waals surface area contributed by atoms with Crippen molar-refractivity contribution >= 4 is 34.7 Å². The lowest BCUT2D eigenvalue weighted by molar-refractivity contribution is -0.762. The van der Waals surface area contributed by atoms with Gasteiger partial charge in [0.15, 0.2) is 0 Å². The van der Waals surface area contributed by atoms with Crippen LogP contribution in [0.2, 0.25) is 0 Å². The topological polar surface area (TPSA) is 69.9 Å². The summed E-state index contributed by atoms with van der Waals surface area (Å²) in [6.45, 7) is 3.75. The summed E-state index contributed by atoms with van der Waals surface area (Å²) in [5, 5.41) is 7.36. The molecule has 3 aromatic rings. The van der Waals surface area contributed by atoms with Crippen molar-refractivity contribution in [2.75, 3.05) is 10.7 Å². The van der Waals surface area contributed by atoms with Crippen LogP contribution < -0.4 is 15.1 Å². The Labute approximate surface area is 184 Å². The zero-order valence-corrected chi connectivity index (χ0v) is 18.8. The summed E-state index contributed by atoms with van der Waals surface area (Å²) in [5.74, 6) is 0.814.